The Hall–Kier alpha value is -0.850. The maximum Gasteiger partial charge on any atom is 0.410 e. The van der Waals surface area contributed by atoms with Gasteiger partial charge in [0.15, 0.2) is 0 Å². The van der Waals surface area contributed by atoms with Crippen molar-refractivity contribution >= 4 is 6.09 Å². The first kappa shape index (κ1) is 17.5. The van der Waals surface area contributed by atoms with Crippen molar-refractivity contribution in [3.05, 3.63) is 0 Å². The molecule has 2 aliphatic rings. The van der Waals surface area contributed by atoms with Gasteiger partial charge in [-0.05, 0) is 40.0 Å². The monoisotopic (exact) mass is 314 g/mol. The number of aliphatic hydroxyl groups is 1. The van der Waals surface area contributed by atoms with Gasteiger partial charge in [0.1, 0.15) is 11.2 Å². The van der Waals surface area contributed by atoms with Gasteiger partial charge in [0.25, 0.3) is 0 Å². The molecule has 0 radical (unpaired) electrons. The molecule has 2 heterocycles. The first-order chi connectivity index (χ1) is 10.3. The Morgan fingerprint density at radius 2 is 2.23 bits per heavy atom. The average molecular weight is 314 g/mol. The van der Waals surface area contributed by atoms with Crippen molar-refractivity contribution in [2.45, 2.75) is 63.7 Å². The highest BCUT2D eigenvalue weighted by molar-refractivity contribution is 5.68. The molecule has 2 unspecified atom stereocenters. The first-order valence-electron chi connectivity index (χ1n) is 8.30. The molecule has 6 heteroatoms. The van der Waals surface area contributed by atoms with Gasteiger partial charge in [-0.3, -0.25) is 0 Å². The third-order valence-corrected chi connectivity index (χ3v) is 4.17. The number of hydrogen-bond acceptors (Lipinski definition) is 5. The van der Waals surface area contributed by atoms with Crippen LogP contribution in [0.3, 0.4) is 0 Å². The summed E-state index contributed by atoms with van der Waals surface area (Å²) in [5.41, 5.74) is -1.23. The van der Waals surface area contributed by atoms with Gasteiger partial charge in [-0.2, -0.15) is 0 Å². The maximum absolute atomic E-state index is 12.3. The second kappa shape index (κ2) is 7.15. The number of amides is 1. The summed E-state index contributed by atoms with van der Waals surface area (Å²) >= 11 is 0. The lowest BCUT2D eigenvalue weighted by atomic mass is 10.0. The van der Waals surface area contributed by atoms with Gasteiger partial charge >= 0.3 is 6.09 Å². The molecular formula is C16H30N2O4. The van der Waals surface area contributed by atoms with E-state index in [9.17, 15) is 9.90 Å². The number of carbonyl (C=O) groups excluding carboxylic acids is 1. The highest BCUT2D eigenvalue weighted by Gasteiger charge is 2.34. The molecule has 1 amide bonds. The molecule has 2 saturated heterocycles. The van der Waals surface area contributed by atoms with Crippen molar-refractivity contribution in [2.75, 3.05) is 32.8 Å². The summed E-state index contributed by atoms with van der Waals surface area (Å²) in [7, 11) is 0. The van der Waals surface area contributed by atoms with Crippen LogP contribution in [0.4, 0.5) is 4.79 Å². The average Bonchev–Trinajstić information content (AvgIpc) is 2.84. The van der Waals surface area contributed by atoms with Crippen molar-refractivity contribution < 1.29 is 19.4 Å². The van der Waals surface area contributed by atoms with Gasteiger partial charge in [-0.15, -0.1) is 0 Å². The van der Waals surface area contributed by atoms with Gasteiger partial charge < -0.3 is 24.8 Å². The van der Waals surface area contributed by atoms with Gasteiger partial charge in [-0.25, -0.2) is 4.79 Å². The molecule has 0 aromatic carbocycles. The number of nitrogens with one attached hydrogen (secondary N) is 1. The standard InChI is InChI=1S/C16H30N2O4/c1-15(2,3)22-14(19)18-8-5-4-6-13(18)10-17-11-16(20)7-9-21-12-16/h13,17,20H,4-12H2,1-3H3. The molecule has 2 fully saturated rings. The van der Waals surface area contributed by atoms with Gasteiger partial charge in [0.2, 0.25) is 0 Å². The predicted molar refractivity (Wildman–Crippen MR) is 83.8 cm³/mol. The van der Waals surface area contributed by atoms with Crippen LogP contribution in [0.15, 0.2) is 0 Å². The number of ether oxygens (including phenoxy) is 2. The minimum absolute atomic E-state index is 0.134. The fraction of sp³-hybridized carbons (Fsp3) is 0.938. The zero-order chi connectivity index (χ0) is 16.2. The largest absolute Gasteiger partial charge is 0.444 e. The first-order valence-corrected chi connectivity index (χ1v) is 8.30. The van der Waals surface area contributed by atoms with Crippen LogP contribution in [-0.2, 0) is 9.47 Å². The van der Waals surface area contributed by atoms with Crippen LogP contribution in [0.1, 0.15) is 46.5 Å². The smallest absolute Gasteiger partial charge is 0.410 e. The molecule has 0 spiro atoms. The quantitative estimate of drug-likeness (QED) is 0.823. The Labute approximate surface area is 133 Å². The predicted octanol–water partition coefficient (Wildman–Crippen LogP) is 1.52. The summed E-state index contributed by atoms with van der Waals surface area (Å²) < 4.78 is 10.7. The molecule has 2 N–H and O–H groups in total. The fourth-order valence-corrected chi connectivity index (χ4v) is 2.98. The Morgan fingerprint density at radius 3 is 2.86 bits per heavy atom. The van der Waals surface area contributed by atoms with Gasteiger partial charge in [0.05, 0.1) is 6.61 Å². The van der Waals surface area contributed by atoms with Crippen LogP contribution >= 0.6 is 0 Å². The second-order valence-corrected chi connectivity index (χ2v) is 7.48. The van der Waals surface area contributed by atoms with E-state index in [1.807, 2.05) is 25.7 Å². The number of nitrogens with zero attached hydrogens (tertiary/aromatic N) is 1. The number of carbonyl (C=O) groups is 1. The molecule has 0 aromatic heterocycles. The van der Waals surface area contributed by atoms with E-state index >= 15 is 0 Å². The number of hydrogen-bond donors (Lipinski definition) is 2. The molecule has 128 valence electrons. The Kier molecular flexibility index (Phi) is 5.69. The van der Waals surface area contributed by atoms with Crippen LogP contribution in [-0.4, -0.2) is 66.2 Å². The third kappa shape index (κ3) is 5.11. The van der Waals surface area contributed by atoms with Crippen LogP contribution in [0.25, 0.3) is 0 Å². The van der Waals surface area contributed by atoms with Gasteiger partial charge in [-0.1, -0.05) is 0 Å². The maximum atomic E-state index is 12.3. The number of rotatable bonds is 4. The lowest BCUT2D eigenvalue weighted by Crippen LogP contribution is -2.52. The number of likely N-dealkylation sites (tertiary alicyclic amines) is 1. The molecule has 22 heavy (non-hydrogen) atoms. The van der Waals surface area contributed by atoms with E-state index in [2.05, 4.69) is 5.32 Å². The molecule has 2 atom stereocenters. The number of piperidine rings is 1. The van der Waals surface area contributed by atoms with Crippen molar-refractivity contribution in [3.63, 3.8) is 0 Å². The summed E-state index contributed by atoms with van der Waals surface area (Å²) in [5.74, 6) is 0. The van der Waals surface area contributed by atoms with Crippen LogP contribution in [0.2, 0.25) is 0 Å². The Morgan fingerprint density at radius 1 is 1.45 bits per heavy atom. The summed E-state index contributed by atoms with van der Waals surface area (Å²) in [5, 5.41) is 13.6. The zero-order valence-electron chi connectivity index (χ0n) is 14.1. The summed E-state index contributed by atoms with van der Waals surface area (Å²) in [6.07, 6.45) is 3.55. The van der Waals surface area contributed by atoms with E-state index in [1.165, 1.54) is 0 Å². The Balaban J connectivity index is 1.83. The highest BCUT2D eigenvalue weighted by atomic mass is 16.6. The molecule has 0 saturated carbocycles. The highest BCUT2D eigenvalue weighted by Crippen LogP contribution is 2.21. The molecule has 0 aliphatic carbocycles. The van der Waals surface area contributed by atoms with E-state index < -0.39 is 11.2 Å². The minimum atomic E-state index is -0.759. The van der Waals surface area contributed by atoms with Crippen LogP contribution in [0, 0.1) is 0 Å². The normalized spacial score (nSPS) is 29.6. The van der Waals surface area contributed by atoms with Crippen molar-refractivity contribution in [3.8, 4) is 0 Å². The zero-order valence-corrected chi connectivity index (χ0v) is 14.1. The van der Waals surface area contributed by atoms with Crippen LogP contribution in [0.5, 0.6) is 0 Å². The second-order valence-electron chi connectivity index (χ2n) is 7.48. The lowest BCUT2D eigenvalue weighted by molar-refractivity contribution is 0.00679. The van der Waals surface area contributed by atoms with Crippen molar-refractivity contribution in [1.82, 2.24) is 10.2 Å². The van der Waals surface area contributed by atoms with E-state index in [-0.39, 0.29) is 12.1 Å². The lowest BCUT2D eigenvalue weighted by Gasteiger charge is -2.37. The Bertz CT molecular complexity index is 375. The molecule has 0 aromatic rings. The fourth-order valence-electron chi connectivity index (χ4n) is 2.98. The third-order valence-electron chi connectivity index (χ3n) is 4.17. The van der Waals surface area contributed by atoms with E-state index in [1.54, 1.807) is 0 Å². The van der Waals surface area contributed by atoms with Crippen molar-refractivity contribution in [1.29, 1.82) is 0 Å². The molecular weight excluding hydrogens is 284 g/mol. The summed E-state index contributed by atoms with van der Waals surface area (Å²) in [4.78, 5) is 14.1. The molecule has 0 bridgehead atoms. The van der Waals surface area contributed by atoms with Crippen LogP contribution < -0.4 is 5.32 Å². The van der Waals surface area contributed by atoms with Gasteiger partial charge in [0, 0.05) is 38.7 Å². The van der Waals surface area contributed by atoms with Crippen molar-refractivity contribution in [2.24, 2.45) is 0 Å². The van der Waals surface area contributed by atoms with E-state index in [0.717, 1.165) is 25.8 Å². The van der Waals surface area contributed by atoms with E-state index in [4.69, 9.17) is 9.47 Å². The van der Waals surface area contributed by atoms with E-state index in [0.29, 0.717) is 32.7 Å². The molecule has 2 aliphatic heterocycles. The topological polar surface area (TPSA) is 71.0 Å². The molecule has 6 nitrogen and oxygen atoms in total. The minimum Gasteiger partial charge on any atom is -0.444 e. The summed E-state index contributed by atoms with van der Waals surface area (Å²) in [6.45, 7) is 8.60. The molecule has 2 rings (SSSR count). The SMILES string of the molecule is CC(C)(C)OC(=O)N1CCCCC1CNCC1(O)CCOC1. The summed E-state index contributed by atoms with van der Waals surface area (Å²) in [6, 6.07) is 0.134.